The van der Waals surface area contributed by atoms with E-state index in [0.29, 0.717) is 23.9 Å². The maximum absolute atomic E-state index is 12.7. The van der Waals surface area contributed by atoms with Crippen molar-refractivity contribution in [3.8, 4) is 0 Å². The Morgan fingerprint density at radius 2 is 2.00 bits per heavy atom. The summed E-state index contributed by atoms with van der Waals surface area (Å²) < 4.78 is 23.5. The molecule has 1 N–H and O–H groups in total. The first-order valence-electron chi connectivity index (χ1n) is 8.44. The molecular weight excluding hydrogens is 370 g/mol. The summed E-state index contributed by atoms with van der Waals surface area (Å²) in [6.45, 7) is 1.34. The predicted molar refractivity (Wildman–Crippen MR) is 101 cm³/mol. The first-order valence-corrected chi connectivity index (χ1v) is 11.2. The Hall–Kier alpha value is -2.19. The fourth-order valence-corrected chi connectivity index (χ4v) is 5.42. The van der Waals surface area contributed by atoms with Crippen molar-refractivity contribution < 1.29 is 13.2 Å². The molecule has 1 aliphatic heterocycles. The molecule has 0 radical (unpaired) electrons. The highest BCUT2D eigenvalue weighted by Crippen LogP contribution is 2.33. The van der Waals surface area contributed by atoms with Crippen molar-refractivity contribution in [1.82, 2.24) is 14.9 Å². The summed E-state index contributed by atoms with van der Waals surface area (Å²) >= 11 is 1.05. The third-order valence-corrected chi connectivity index (χ3v) is 7.77. The first kappa shape index (κ1) is 17.2. The SMILES string of the molecule is CS(=O)(=O)c1ccc(C(=O)N2CCC(c3ccnc4[nH]ccc34)CC2)s1. The van der Waals surface area contributed by atoms with E-state index in [0.717, 1.165) is 41.5 Å². The van der Waals surface area contributed by atoms with Gasteiger partial charge >= 0.3 is 0 Å². The molecule has 1 aliphatic rings. The van der Waals surface area contributed by atoms with Gasteiger partial charge < -0.3 is 9.88 Å². The average molecular weight is 390 g/mol. The highest BCUT2D eigenvalue weighted by Gasteiger charge is 2.27. The molecular formula is C18H19N3O3S2. The average Bonchev–Trinajstić information content (AvgIpc) is 3.30. The molecule has 0 bridgehead atoms. The zero-order chi connectivity index (χ0) is 18.3. The number of amides is 1. The van der Waals surface area contributed by atoms with Gasteiger partial charge in [-0.1, -0.05) is 0 Å². The van der Waals surface area contributed by atoms with Gasteiger partial charge in [-0.3, -0.25) is 4.79 Å². The number of H-pyrrole nitrogens is 1. The van der Waals surface area contributed by atoms with Gasteiger partial charge in [0.05, 0.1) is 4.88 Å². The largest absolute Gasteiger partial charge is 0.346 e. The Morgan fingerprint density at radius 3 is 2.69 bits per heavy atom. The normalized spacial score (nSPS) is 16.3. The van der Waals surface area contributed by atoms with Crippen LogP contribution in [0.4, 0.5) is 0 Å². The van der Waals surface area contributed by atoms with Crippen molar-refractivity contribution in [2.75, 3.05) is 19.3 Å². The van der Waals surface area contributed by atoms with Gasteiger partial charge in [0.25, 0.3) is 5.91 Å². The minimum absolute atomic E-state index is 0.0788. The third-order valence-electron chi connectivity index (χ3n) is 4.87. The summed E-state index contributed by atoms with van der Waals surface area (Å²) in [7, 11) is -3.27. The molecule has 1 saturated heterocycles. The lowest BCUT2D eigenvalue weighted by Crippen LogP contribution is -2.37. The number of carbonyl (C=O) groups is 1. The summed E-state index contributed by atoms with van der Waals surface area (Å²) in [6.07, 6.45) is 6.66. The Balaban J connectivity index is 1.47. The molecule has 1 amide bonds. The number of fused-ring (bicyclic) bond motifs is 1. The maximum Gasteiger partial charge on any atom is 0.263 e. The Morgan fingerprint density at radius 1 is 1.23 bits per heavy atom. The van der Waals surface area contributed by atoms with Crippen LogP contribution in [0.25, 0.3) is 11.0 Å². The van der Waals surface area contributed by atoms with Crippen LogP contribution in [-0.2, 0) is 9.84 Å². The summed E-state index contributed by atoms with van der Waals surface area (Å²) in [5, 5.41) is 1.15. The third kappa shape index (κ3) is 3.14. The van der Waals surface area contributed by atoms with Crippen LogP contribution in [0.2, 0.25) is 0 Å². The van der Waals surface area contributed by atoms with Crippen molar-refractivity contribution in [2.24, 2.45) is 0 Å². The van der Waals surface area contributed by atoms with Gasteiger partial charge in [-0.15, -0.1) is 11.3 Å². The number of rotatable bonds is 3. The number of carbonyl (C=O) groups excluding carboxylic acids is 1. The lowest BCUT2D eigenvalue weighted by molar-refractivity contribution is 0.0718. The number of pyridine rings is 1. The number of hydrogen-bond acceptors (Lipinski definition) is 5. The highest BCUT2D eigenvalue weighted by molar-refractivity contribution is 7.92. The molecule has 0 spiro atoms. The summed E-state index contributed by atoms with van der Waals surface area (Å²) in [4.78, 5) is 22.5. The van der Waals surface area contributed by atoms with Crippen LogP contribution in [0.3, 0.4) is 0 Å². The van der Waals surface area contributed by atoms with E-state index >= 15 is 0 Å². The van der Waals surface area contributed by atoms with Crippen LogP contribution >= 0.6 is 11.3 Å². The molecule has 0 saturated carbocycles. The second-order valence-corrected chi connectivity index (χ2v) is 9.92. The highest BCUT2D eigenvalue weighted by atomic mass is 32.2. The zero-order valence-corrected chi connectivity index (χ0v) is 15.9. The standard InChI is InChI=1S/C18H19N3O3S2/c1-26(23,24)16-3-2-15(25-16)18(22)21-10-6-12(7-11-21)13-4-8-19-17-14(13)5-9-20-17/h2-5,8-9,12H,6-7,10-11H2,1H3,(H,19,20). The predicted octanol–water partition coefficient (Wildman–Crippen LogP) is 3.05. The van der Waals surface area contributed by atoms with Crippen LogP contribution in [0, 0.1) is 0 Å². The van der Waals surface area contributed by atoms with E-state index in [2.05, 4.69) is 16.0 Å². The Bertz CT molecular complexity index is 1060. The quantitative estimate of drug-likeness (QED) is 0.746. The van der Waals surface area contributed by atoms with E-state index in [9.17, 15) is 13.2 Å². The molecule has 8 heteroatoms. The maximum atomic E-state index is 12.7. The van der Waals surface area contributed by atoms with E-state index in [1.165, 1.54) is 11.6 Å². The molecule has 26 heavy (non-hydrogen) atoms. The number of nitrogens with one attached hydrogen (secondary N) is 1. The van der Waals surface area contributed by atoms with Gasteiger partial charge in [0.2, 0.25) is 0 Å². The van der Waals surface area contributed by atoms with Gasteiger partial charge in [-0.2, -0.15) is 0 Å². The molecule has 136 valence electrons. The number of piperidine rings is 1. The smallest absolute Gasteiger partial charge is 0.263 e. The van der Waals surface area contributed by atoms with Crippen molar-refractivity contribution in [3.63, 3.8) is 0 Å². The molecule has 4 heterocycles. The molecule has 6 nitrogen and oxygen atoms in total. The molecule has 3 aromatic heterocycles. The van der Waals surface area contributed by atoms with Crippen LogP contribution in [-0.4, -0.2) is 48.5 Å². The number of aromatic nitrogens is 2. The van der Waals surface area contributed by atoms with Crippen LogP contribution in [0.5, 0.6) is 0 Å². The van der Waals surface area contributed by atoms with Gasteiger partial charge in [0.15, 0.2) is 9.84 Å². The van der Waals surface area contributed by atoms with Crippen molar-refractivity contribution >= 4 is 38.1 Å². The van der Waals surface area contributed by atoms with Gasteiger partial charge in [-0.05, 0) is 48.6 Å². The molecule has 0 aromatic carbocycles. The number of nitrogens with zero attached hydrogens (tertiary/aromatic N) is 2. The fourth-order valence-electron chi connectivity index (χ4n) is 3.52. The Kier molecular flexibility index (Phi) is 4.32. The van der Waals surface area contributed by atoms with E-state index in [-0.39, 0.29) is 10.1 Å². The molecule has 0 unspecified atom stereocenters. The minimum Gasteiger partial charge on any atom is -0.346 e. The van der Waals surface area contributed by atoms with Crippen LogP contribution < -0.4 is 0 Å². The second-order valence-electron chi connectivity index (χ2n) is 6.60. The van der Waals surface area contributed by atoms with E-state index in [1.807, 2.05) is 23.4 Å². The number of sulfone groups is 1. The van der Waals surface area contributed by atoms with Crippen molar-refractivity contribution in [1.29, 1.82) is 0 Å². The monoisotopic (exact) mass is 389 g/mol. The summed E-state index contributed by atoms with van der Waals surface area (Å²) in [5.41, 5.74) is 2.17. The van der Waals surface area contributed by atoms with Gasteiger partial charge in [0, 0.05) is 37.1 Å². The van der Waals surface area contributed by atoms with Crippen LogP contribution in [0.1, 0.15) is 34.0 Å². The number of likely N-dealkylation sites (tertiary alicyclic amines) is 1. The van der Waals surface area contributed by atoms with E-state index < -0.39 is 9.84 Å². The van der Waals surface area contributed by atoms with Crippen molar-refractivity contribution in [3.05, 3.63) is 47.1 Å². The second kappa shape index (κ2) is 6.51. The topological polar surface area (TPSA) is 83.1 Å². The molecule has 0 atom stereocenters. The molecule has 3 aromatic rings. The molecule has 4 rings (SSSR count). The minimum atomic E-state index is -3.27. The van der Waals surface area contributed by atoms with E-state index in [4.69, 9.17) is 0 Å². The van der Waals surface area contributed by atoms with E-state index in [1.54, 1.807) is 6.07 Å². The molecule has 0 aliphatic carbocycles. The summed E-state index contributed by atoms with van der Waals surface area (Å²) in [6, 6.07) is 7.24. The van der Waals surface area contributed by atoms with Gasteiger partial charge in [0.1, 0.15) is 9.86 Å². The summed E-state index contributed by atoms with van der Waals surface area (Å²) in [5.74, 6) is 0.320. The lowest BCUT2D eigenvalue weighted by atomic mass is 9.88. The van der Waals surface area contributed by atoms with Gasteiger partial charge in [-0.25, -0.2) is 13.4 Å². The van der Waals surface area contributed by atoms with Crippen LogP contribution in [0.15, 0.2) is 40.9 Å². The molecule has 1 fully saturated rings. The number of aromatic amines is 1. The Labute approximate surface area is 155 Å². The van der Waals surface area contributed by atoms with Crippen molar-refractivity contribution in [2.45, 2.75) is 23.0 Å². The fraction of sp³-hybridized carbons (Fsp3) is 0.333. The lowest BCUT2D eigenvalue weighted by Gasteiger charge is -2.32. The zero-order valence-electron chi connectivity index (χ0n) is 14.3. The first-order chi connectivity index (χ1) is 12.4. The number of thiophene rings is 1. The number of hydrogen-bond donors (Lipinski definition) is 1.